The number of carbonyl (C=O) groups excluding carboxylic acids is 1. The van der Waals surface area contributed by atoms with E-state index < -0.39 is 63.2 Å². The molecule has 1 fully saturated rings. The molecule has 0 radical (unpaired) electrons. The zero-order chi connectivity index (χ0) is 28.6. The van der Waals surface area contributed by atoms with Crippen LogP contribution in [0.3, 0.4) is 0 Å². The van der Waals surface area contributed by atoms with Gasteiger partial charge in [0.25, 0.3) is 0 Å². The lowest BCUT2D eigenvalue weighted by molar-refractivity contribution is -0.129. The van der Waals surface area contributed by atoms with Gasteiger partial charge in [-0.2, -0.15) is 0 Å². The lowest BCUT2D eigenvalue weighted by atomic mass is 9.79. The fourth-order valence-corrected chi connectivity index (χ4v) is 3.20. The molecule has 3 unspecified atom stereocenters. The first-order valence-corrected chi connectivity index (χ1v) is 7.70. The van der Waals surface area contributed by atoms with Crippen LogP contribution >= 0.6 is 0 Å². The Labute approximate surface area is 163 Å². The molecule has 0 amide bonds. The van der Waals surface area contributed by atoms with Crippen LogP contribution < -0.4 is 9.47 Å². The van der Waals surface area contributed by atoms with Gasteiger partial charge in [-0.3, -0.25) is 9.69 Å². The number of piperidine rings is 1. The molecule has 1 aromatic carbocycles. The number of Topliss-reactive ketones (excluding diaryl/α,β-unsaturated/α-hetero) is 1. The molecule has 0 N–H and O–H groups in total. The van der Waals surface area contributed by atoms with Crippen LogP contribution in [-0.4, -0.2) is 37.9 Å². The Morgan fingerprint density at radius 2 is 2.33 bits per heavy atom. The molecule has 0 saturated carbocycles. The second-order valence-corrected chi connectivity index (χ2v) is 5.77. The highest BCUT2D eigenvalue weighted by Crippen LogP contribution is 2.42. The summed E-state index contributed by atoms with van der Waals surface area (Å²) in [7, 11) is -1.47. The quantitative estimate of drug-likeness (QED) is 0.818. The number of fused-ring (bicyclic) bond motifs is 3. The summed E-state index contributed by atoms with van der Waals surface area (Å²) in [6.07, 6.45) is -6.67. The highest BCUT2D eigenvalue weighted by atomic mass is 16.5. The highest BCUT2D eigenvalue weighted by Gasteiger charge is 2.38. The van der Waals surface area contributed by atoms with Gasteiger partial charge in [-0.05, 0) is 41.9 Å². The Morgan fingerprint density at radius 3 is 3.04 bits per heavy atom. The van der Waals surface area contributed by atoms with Gasteiger partial charge in [-0.15, -0.1) is 0 Å². The van der Waals surface area contributed by atoms with Crippen molar-refractivity contribution >= 4 is 5.78 Å². The van der Waals surface area contributed by atoms with Crippen molar-refractivity contribution < 1.29 is 32.1 Å². The minimum absolute atomic E-state index is 0.0361. The Bertz CT molecular complexity index is 1050. The van der Waals surface area contributed by atoms with Gasteiger partial charge in [0.15, 0.2) is 11.5 Å². The van der Waals surface area contributed by atoms with E-state index in [1.165, 1.54) is 24.1 Å². The maximum Gasteiger partial charge on any atom is 0.161 e. The maximum atomic E-state index is 13.4. The van der Waals surface area contributed by atoms with E-state index in [4.69, 9.17) is 27.3 Å². The highest BCUT2D eigenvalue weighted by molar-refractivity contribution is 5.83. The van der Waals surface area contributed by atoms with Crippen LogP contribution in [-0.2, 0) is 11.2 Å². The van der Waals surface area contributed by atoms with Crippen LogP contribution in [0.15, 0.2) is 12.1 Å². The van der Waals surface area contributed by atoms with Gasteiger partial charge in [0.1, 0.15) is 5.78 Å². The Balaban J connectivity index is 2.11. The van der Waals surface area contributed by atoms with E-state index in [1.54, 1.807) is 0 Å². The number of nitrogens with zero attached hydrogens (tertiary/aromatic N) is 1. The fourth-order valence-electron chi connectivity index (χ4n) is 3.20. The van der Waals surface area contributed by atoms with E-state index in [1.807, 2.05) is 0 Å². The van der Waals surface area contributed by atoms with E-state index in [0.717, 1.165) is 6.92 Å². The molecule has 2 aliphatic rings. The number of rotatable bonds is 5. The number of ether oxygens (including phenoxy) is 2. The Kier molecular flexibility index (Phi) is 2.19. The van der Waals surface area contributed by atoms with Crippen molar-refractivity contribution in [3.63, 3.8) is 0 Å². The average Bonchev–Trinajstić information content (AvgIpc) is 2.68. The van der Waals surface area contributed by atoms with Gasteiger partial charge in [0.2, 0.25) is 0 Å². The largest absolute Gasteiger partial charge is 0.493 e. The van der Waals surface area contributed by atoms with Crippen molar-refractivity contribution in [2.75, 3.05) is 27.2 Å². The molecule has 1 aromatic rings. The summed E-state index contributed by atoms with van der Waals surface area (Å²) in [5.41, 5.74) is 1.02. The van der Waals surface area contributed by atoms with Crippen molar-refractivity contribution in [3.8, 4) is 11.5 Å². The zero-order valence-corrected chi connectivity index (χ0v) is 13.6. The summed E-state index contributed by atoms with van der Waals surface area (Å²) in [5.74, 6) is -6.75. The molecule has 2 aliphatic heterocycles. The van der Waals surface area contributed by atoms with E-state index in [-0.39, 0.29) is 24.5 Å². The predicted octanol–water partition coefficient (Wildman–Crippen LogP) is 3.63. The lowest BCUT2D eigenvalue weighted by Crippen LogP contribution is -2.46. The SMILES string of the molecule is [2H]C([2H])([2H])Oc1cc2c(cc1OC)C1CC(=O)C(C([2H])([2H])C([2H])(C([2H])([2H])[2H])C([2H])([2H])C)C([2H])([2H])N1CC2. The molecular weight excluding hydrogens is 302 g/mol. The number of carbonyl (C=O) groups is 1. The third-order valence-electron chi connectivity index (χ3n) is 4.44. The van der Waals surface area contributed by atoms with Crippen molar-refractivity contribution in [2.45, 2.75) is 45.4 Å². The normalized spacial score (nSPS) is 38.6. The molecule has 24 heavy (non-hydrogen) atoms. The Hall–Kier alpha value is -1.55. The fraction of sp³-hybridized carbons (Fsp3) is 0.650. The summed E-state index contributed by atoms with van der Waals surface area (Å²) in [4.78, 5) is 14.6. The van der Waals surface area contributed by atoms with Crippen molar-refractivity contribution in [1.82, 2.24) is 4.90 Å². The molecule has 0 bridgehead atoms. The number of hydrogen-bond donors (Lipinski definition) is 0. The third kappa shape index (κ3) is 3.16. The first-order chi connectivity index (χ1) is 16.5. The summed E-state index contributed by atoms with van der Waals surface area (Å²) in [6.45, 7) is -5.62. The van der Waals surface area contributed by atoms with Gasteiger partial charge in [0, 0.05) is 45.1 Å². The standard InChI is InChI=1S/C20H29NO3/c1-5-13(2)8-15-12-21-7-6-14-9-19(23-3)20(24-4)10-16(14)17(21)11-18(15)22/h9-10,13,15,17H,5-8,11-12H2,1-4H3/i2D3,3D3,5D2,8D2,12D2,13D. The Morgan fingerprint density at radius 1 is 1.50 bits per heavy atom. The maximum absolute atomic E-state index is 13.4. The molecule has 4 heteroatoms. The van der Waals surface area contributed by atoms with Crippen LogP contribution in [0.1, 0.15) is 67.9 Å². The molecule has 2 heterocycles. The molecule has 3 rings (SSSR count). The van der Waals surface area contributed by atoms with E-state index in [0.29, 0.717) is 11.1 Å². The first kappa shape index (κ1) is 7.36. The van der Waals surface area contributed by atoms with Crippen LogP contribution in [0.4, 0.5) is 0 Å². The topological polar surface area (TPSA) is 38.8 Å². The molecule has 3 atom stereocenters. The second-order valence-electron chi connectivity index (χ2n) is 5.77. The number of hydrogen-bond acceptors (Lipinski definition) is 4. The van der Waals surface area contributed by atoms with E-state index in [9.17, 15) is 4.79 Å². The van der Waals surface area contributed by atoms with Crippen molar-refractivity contribution in [3.05, 3.63) is 23.3 Å². The summed E-state index contributed by atoms with van der Waals surface area (Å²) >= 11 is 0. The van der Waals surface area contributed by atoms with E-state index >= 15 is 0 Å². The average molecular weight is 345 g/mol. The van der Waals surface area contributed by atoms with Crippen LogP contribution in [0.5, 0.6) is 11.5 Å². The molecule has 1 saturated heterocycles. The number of benzene rings is 1. The number of methoxy groups -OCH3 is 2. The predicted molar refractivity (Wildman–Crippen MR) is 94.8 cm³/mol. The van der Waals surface area contributed by atoms with Gasteiger partial charge >= 0.3 is 0 Å². The summed E-state index contributed by atoms with van der Waals surface area (Å²) in [5, 5.41) is 0. The van der Waals surface area contributed by atoms with Gasteiger partial charge in [-0.25, -0.2) is 0 Å². The minimum atomic E-state index is -3.52. The van der Waals surface area contributed by atoms with Crippen LogP contribution in [0.2, 0.25) is 0 Å². The summed E-state index contributed by atoms with van der Waals surface area (Å²) in [6, 6.07) is 1.96. The zero-order valence-electron chi connectivity index (χ0n) is 26.6. The van der Waals surface area contributed by atoms with Gasteiger partial charge in [0.05, 0.1) is 18.3 Å². The number of ketones is 1. The third-order valence-corrected chi connectivity index (χ3v) is 4.44. The molecule has 132 valence electrons. The summed E-state index contributed by atoms with van der Waals surface area (Å²) < 4.78 is 115. The van der Waals surface area contributed by atoms with Crippen molar-refractivity contribution in [2.24, 2.45) is 11.8 Å². The van der Waals surface area contributed by atoms with E-state index in [2.05, 4.69) is 0 Å². The van der Waals surface area contributed by atoms with Gasteiger partial charge in [-0.1, -0.05) is 20.1 Å². The van der Waals surface area contributed by atoms with Crippen LogP contribution in [0, 0.1) is 11.8 Å². The molecule has 0 aromatic heterocycles. The monoisotopic (exact) mass is 344 g/mol. The van der Waals surface area contributed by atoms with Crippen molar-refractivity contribution in [1.29, 1.82) is 0 Å². The first-order valence-electron chi connectivity index (χ1n) is 14.2. The molecule has 0 aliphatic carbocycles. The lowest BCUT2D eigenvalue weighted by Gasteiger charge is -2.43. The van der Waals surface area contributed by atoms with Crippen LogP contribution in [0.25, 0.3) is 0 Å². The van der Waals surface area contributed by atoms with Gasteiger partial charge < -0.3 is 9.47 Å². The smallest absolute Gasteiger partial charge is 0.161 e. The second kappa shape index (κ2) is 7.14. The molecular formula is C20H29NO3. The molecule has 0 spiro atoms. The minimum Gasteiger partial charge on any atom is -0.493 e. The molecule has 4 nitrogen and oxygen atoms in total.